The number of para-hydroxylation sites is 1. The zero-order valence-electron chi connectivity index (χ0n) is 11.5. The fraction of sp³-hybridized carbons (Fsp3) is 0.500. The van der Waals surface area contributed by atoms with Gasteiger partial charge in [-0.1, -0.05) is 24.6 Å². The number of hydrogen-bond donors (Lipinski definition) is 1. The number of anilines is 1. The Bertz CT molecular complexity index is 496. The molecule has 1 aliphatic heterocycles. The maximum atomic E-state index is 12.0. The molecule has 1 unspecified atom stereocenters. The smallest absolute Gasteiger partial charge is 0.227 e. The van der Waals surface area contributed by atoms with Gasteiger partial charge in [0, 0.05) is 37.0 Å². The summed E-state index contributed by atoms with van der Waals surface area (Å²) in [5.41, 5.74) is 0.949. The van der Waals surface area contributed by atoms with Crippen LogP contribution in [-0.2, 0) is 9.59 Å². The third kappa shape index (κ3) is 2.69. The molecule has 2 amide bonds. The summed E-state index contributed by atoms with van der Waals surface area (Å²) >= 11 is 0. The maximum Gasteiger partial charge on any atom is 0.227 e. The number of amides is 2. The van der Waals surface area contributed by atoms with E-state index in [1.807, 2.05) is 35.2 Å². The Labute approximate surface area is 119 Å². The zero-order valence-corrected chi connectivity index (χ0v) is 11.5. The molecule has 106 valence electrons. The first kappa shape index (κ1) is 13.2. The van der Waals surface area contributed by atoms with Crippen LogP contribution in [0.5, 0.6) is 0 Å². The molecule has 20 heavy (non-hydrogen) atoms. The summed E-state index contributed by atoms with van der Waals surface area (Å²) in [6.45, 7) is 1.32. The molecule has 0 radical (unpaired) electrons. The molecular formula is C16H20N2O2. The third-order valence-electron chi connectivity index (χ3n) is 4.31. The molecule has 1 aromatic rings. The van der Waals surface area contributed by atoms with Crippen molar-refractivity contribution in [1.29, 1.82) is 0 Å². The second-order valence-corrected chi connectivity index (χ2v) is 5.78. The molecule has 4 nitrogen and oxygen atoms in total. The highest BCUT2D eigenvalue weighted by Gasteiger charge is 2.32. The van der Waals surface area contributed by atoms with Gasteiger partial charge < -0.3 is 10.2 Å². The predicted molar refractivity (Wildman–Crippen MR) is 77.3 cm³/mol. The Hall–Kier alpha value is -1.84. The van der Waals surface area contributed by atoms with E-state index < -0.39 is 0 Å². The topological polar surface area (TPSA) is 49.4 Å². The molecule has 1 saturated carbocycles. The standard InChI is InChI=1S/C16H20N2O2/c19-15-9-12(10-17-16(20)13-5-4-6-13)11-18(15)14-7-2-1-3-8-14/h1-3,7-8,12-13H,4-6,9-11H2,(H,17,20). The van der Waals surface area contributed by atoms with Gasteiger partial charge in [-0.25, -0.2) is 0 Å². The van der Waals surface area contributed by atoms with Gasteiger partial charge in [0.25, 0.3) is 0 Å². The van der Waals surface area contributed by atoms with Gasteiger partial charge >= 0.3 is 0 Å². The highest BCUT2D eigenvalue weighted by atomic mass is 16.2. The van der Waals surface area contributed by atoms with Crippen LogP contribution in [-0.4, -0.2) is 24.9 Å². The molecule has 1 aromatic carbocycles. The monoisotopic (exact) mass is 272 g/mol. The summed E-state index contributed by atoms with van der Waals surface area (Å²) in [6.07, 6.45) is 3.73. The molecule has 1 aliphatic carbocycles. The van der Waals surface area contributed by atoms with Crippen molar-refractivity contribution in [2.75, 3.05) is 18.0 Å². The minimum absolute atomic E-state index is 0.152. The first-order valence-corrected chi connectivity index (χ1v) is 7.37. The Morgan fingerprint density at radius 1 is 1.25 bits per heavy atom. The van der Waals surface area contributed by atoms with E-state index in [4.69, 9.17) is 0 Å². The summed E-state index contributed by atoms with van der Waals surface area (Å²) in [6, 6.07) is 9.73. The van der Waals surface area contributed by atoms with Gasteiger partial charge in [-0.15, -0.1) is 0 Å². The lowest BCUT2D eigenvalue weighted by atomic mass is 9.85. The predicted octanol–water partition coefficient (Wildman–Crippen LogP) is 1.96. The first-order valence-electron chi connectivity index (χ1n) is 7.37. The summed E-state index contributed by atoms with van der Waals surface area (Å²) in [4.78, 5) is 25.7. The Kier molecular flexibility index (Phi) is 3.72. The van der Waals surface area contributed by atoms with E-state index in [0.717, 1.165) is 18.5 Å². The lowest BCUT2D eigenvalue weighted by Crippen LogP contribution is -2.37. The van der Waals surface area contributed by atoms with E-state index in [1.54, 1.807) is 0 Å². The second kappa shape index (κ2) is 5.65. The number of benzene rings is 1. The van der Waals surface area contributed by atoms with Crippen molar-refractivity contribution in [2.45, 2.75) is 25.7 Å². The molecule has 0 spiro atoms. The van der Waals surface area contributed by atoms with E-state index in [-0.39, 0.29) is 23.7 Å². The summed E-state index contributed by atoms with van der Waals surface area (Å²) in [7, 11) is 0. The number of nitrogens with one attached hydrogen (secondary N) is 1. The molecule has 2 fully saturated rings. The quantitative estimate of drug-likeness (QED) is 0.911. The van der Waals surface area contributed by atoms with Crippen molar-refractivity contribution in [3.63, 3.8) is 0 Å². The summed E-state index contributed by atoms with van der Waals surface area (Å²) < 4.78 is 0. The van der Waals surface area contributed by atoms with Crippen LogP contribution in [0.2, 0.25) is 0 Å². The molecular weight excluding hydrogens is 252 g/mol. The van der Waals surface area contributed by atoms with Gasteiger partial charge in [-0.05, 0) is 25.0 Å². The number of hydrogen-bond acceptors (Lipinski definition) is 2. The molecule has 1 atom stereocenters. The fourth-order valence-electron chi connectivity index (χ4n) is 2.84. The molecule has 0 bridgehead atoms. The van der Waals surface area contributed by atoms with Gasteiger partial charge in [0.15, 0.2) is 0 Å². The van der Waals surface area contributed by atoms with E-state index in [2.05, 4.69) is 5.32 Å². The van der Waals surface area contributed by atoms with Crippen molar-refractivity contribution >= 4 is 17.5 Å². The van der Waals surface area contributed by atoms with Crippen LogP contribution < -0.4 is 10.2 Å². The van der Waals surface area contributed by atoms with Crippen molar-refractivity contribution < 1.29 is 9.59 Å². The van der Waals surface area contributed by atoms with Gasteiger partial charge in [0.2, 0.25) is 11.8 Å². The largest absolute Gasteiger partial charge is 0.356 e. The van der Waals surface area contributed by atoms with E-state index in [9.17, 15) is 9.59 Å². The van der Waals surface area contributed by atoms with Crippen LogP contribution in [0.3, 0.4) is 0 Å². The van der Waals surface area contributed by atoms with Gasteiger partial charge in [-0.2, -0.15) is 0 Å². The Balaban J connectivity index is 1.53. The number of rotatable bonds is 4. The van der Waals surface area contributed by atoms with Gasteiger partial charge in [0.05, 0.1) is 0 Å². The first-order chi connectivity index (χ1) is 9.74. The molecule has 3 rings (SSSR count). The van der Waals surface area contributed by atoms with Gasteiger partial charge in [0.1, 0.15) is 0 Å². The lowest BCUT2D eigenvalue weighted by molar-refractivity contribution is -0.127. The summed E-state index contributed by atoms with van der Waals surface area (Å²) in [5, 5.41) is 3.00. The van der Waals surface area contributed by atoms with Crippen molar-refractivity contribution in [3.8, 4) is 0 Å². The van der Waals surface area contributed by atoms with Crippen molar-refractivity contribution in [3.05, 3.63) is 30.3 Å². The number of nitrogens with zero attached hydrogens (tertiary/aromatic N) is 1. The minimum Gasteiger partial charge on any atom is -0.356 e. The average molecular weight is 272 g/mol. The van der Waals surface area contributed by atoms with Crippen LogP contribution in [0.1, 0.15) is 25.7 Å². The zero-order chi connectivity index (χ0) is 13.9. The van der Waals surface area contributed by atoms with E-state index in [1.165, 1.54) is 6.42 Å². The molecule has 4 heteroatoms. The second-order valence-electron chi connectivity index (χ2n) is 5.78. The van der Waals surface area contributed by atoms with Crippen LogP contribution in [0.4, 0.5) is 5.69 Å². The van der Waals surface area contributed by atoms with Crippen LogP contribution in [0.15, 0.2) is 30.3 Å². The Morgan fingerprint density at radius 2 is 2.00 bits per heavy atom. The minimum atomic E-state index is 0.152. The van der Waals surface area contributed by atoms with E-state index in [0.29, 0.717) is 19.5 Å². The molecule has 2 aliphatic rings. The number of carbonyl (C=O) groups excluding carboxylic acids is 2. The van der Waals surface area contributed by atoms with Crippen molar-refractivity contribution in [2.24, 2.45) is 11.8 Å². The molecule has 1 N–H and O–H groups in total. The highest BCUT2D eigenvalue weighted by molar-refractivity contribution is 5.95. The SMILES string of the molecule is O=C(NCC1CC(=O)N(c2ccccc2)C1)C1CCC1. The van der Waals surface area contributed by atoms with Crippen LogP contribution in [0.25, 0.3) is 0 Å². The number of carbonyl (C=O) groups is 2. The molecule has 1 heterocycles. The average Bonchev–Trinajstić information content (AvgIpc) is 2.77. The normalized spacial score (nSPS) is 22.7. The van der Waals surface area contributed by atoms with Gasteiger partial charge in [-0.3, -0.25) is 9.59 Å². The Morgan fingerprint density at radius 3 is 2.65 bits per heavy atom. The van der Waals surface area contributed by atoms with Crippen LogP contribution in [0, 0.1) is 11.8 Å². The third-order valence-corrected chi connectivity index (χ3v) is 4.31. The van der Waals surface area contributed by atoms with E-state index >= 15 is 0 Å². The lowest BCUT2D eigenvalue weighted by Gasteiger charge is -2.24. The summed E-state index contributed by atoms with van der Waals surface area (Å²) in [5.74, 6) is 0.769. The maximum absolute atomic E-state index is 12.0. The molecule has 1 saturated heterocycles. The highest BCUT2D eigenvalue weighted by Crippen LogP contribution is 2.27. The fourth-order valence-corrected chi connectivity index (χ4v) is 2.84. The van der Waals surface area contributed by atoms with Crippen LogP contribution >= 0.6 is 0 Å². The van der Waals surface area contributed by atoms with Crippen molar-refractivity contribution in [1.82, 2.24) is 5.32 Å². The molecule has 0 aromatic heterocycles.